The van der Waals surface area contributed by atoms with Crippen LogP contribution in [0.25, 0.3) is 123 Å². The average molecular weight is 734 g/mol. The van der Waals surface area contributed by atoms with Crippen LogP contribution in [0.4, 0.5) is 0 Å². The maximum Gasteiger partial charge on any atom is 0.180 e. The van der Waals surface area contributed by atoms with Crippen LogP contribution < -0.4 is 0 Å². The third-order valence-corrected chi connectivity index (χ3v) is 10.6. The maximum atomic E-state index is 6.60. The highest BCUT2D eigenvalue weighted by atomic mass is 16.3. The Balaban J connectivity index is 1.05. The van der Waals surface area contributed by atoms with E-state index in [9.17, 15) is 0 Å². The highest BCUT2D eigenvalue weighted by molar-refractivity contribution is 6.14. The van der Waals surface area contributed by atoms with Crippen molar-refractivity contribution in [2.24, 2.45) is 0 Å². The summed E-state index contributed by atoms with van der Waals surface area (Å²) in [5.41, 5.74) is 10.3. The summed E-state index contributed by atoms with van der Waals surface area (Å²) in [6.07, 6.45) is 0. The van der Waals surface area contributed by atoms with Gasteiger partial charge in [0, 0.05) is 54.7 Å². The number of nitrogens with zero attached hydrogens (tertiary/aromatic N) is 5. The number of hydrogen-bond acceptors (Lipinski definition) is 8. The van der Waals surface area contributed by atoms with Gasteiger partial charge in [0.15, 0.2) is 28.9 Å². The third-order valence-electron chi connectivity index (χ3n) is 10.6. The quantitative estimate of drug-likeness (QED) is 0.172. The molecule has 12 rings (SSSR count). The van der Waals surface area contributed by atoms with Gasteiger partial charge in [-0.3, -0.25) is 0 Å². The van der Waals surface area contributed by atoms with Gasteiger partial charge in [0.1, 0.15) is 39.1 Å². The first-order valence-electron chi connectivity index (χ1n) is 18.7. The van der Waals surface area contributed by atoms with Crippen LogP contribution in [0.1, 0.15) is 0 Å². The van der Waals surface area contributed by atoms with E-state index >= 15 is 0 Å². The zero-order valence-electron chi connectivity index (χ0n) is 30.0. The molecular weight excluding hydrogens is 707 g/mol. The van der Waals surface area contributed by atoms with Gasteiger partial charge in [-0.05, 0) is 42.5 Å². The second-order valence-corrected chi connectivity index (χ2v) is 14.0. The molecule has 5 heterocycles. The van der Waals surface area contributed by atoms with E-state index in [-0.39, 0.29) is 0 Å². The summed E-state index contributed by atoms with van der Waals surface area (Å²) in [4.78, 5) is 25.5. The molecule has 0 unspecified atom stereocenters. The normalized spacial score (nSPS) is 11.9. The van der Waals surface area contributed by atoms with Gasteiger partial charge in [0.2, 0.25) is 0 Å². The fraction of sp³-hybridized carbons (Fsp3) is 0. The second-order valence-electron chi connectivity index (χ2n) is 14.0. The Morgan fingerprint density at radius 1 is 0.316 bits per heavy atom. The van der Waals surface area contributed by atoms with Crippen molar-refractivity contribution in [2.45, 2.75) is 0 Å². The molecular formula is C49H27N5O3. The smallest absolute Gasteiger partial charge is 0.180 e. The number of rotatable bonds is 5. The predicted octanol–water partition coefficient (Wildman–Crippen LogP) is 12.7. The largest absolute Gasteiger partial charge is 0.456 e. The fourth-order valence-electron chi connectivity index (χ4n) is 7.96. The summed E-state index contributed by atoms with van der Waals surface area (Å²) in [7, 11) is 0. The molecule has 0 aliphatic heterocycles. The van der Waals surface area contributed by atoms with Crippen LogP contribution in [0.15, 0.2) is 177 Å². The maximum absolute atomic E-state index is 6.60. The number of benzene rings is 7. The van der Waals surface area contributed by atoms with E-state index in [4.69, 9.17) is 38.2 Å². The Morgan fingerprint density at radius 3 is 1.54 bits per heavy atom. The zero-order valence-corrected chi connectivity index (χ0v) is 30.0. The molecule has 0 bridgehead atoms. The van der Waals surface area contributed by atoms with E-state index in [1.165, 1.54) is 0 Å². The van der Waals surface area contributed by atoms with E-state index in [2.05, 4.69) is 12.1 Å². The minimum absolute atomic E-state index is 0.536. The van der Waals surface area contributed by atoms with Crippen molar-refractivity contribution in [1.82, 2.24) is 24.9 Å². The molecule has 0 atom stereocenters. The van der Waals surface area contributed by atoms with Crippen LogP contribution in [-0.2, 0) is 0 Å². The Labute approximate surface area is 323 Å². The monoisotopic (exact) mass is 733 g/mol. The van der Waals surface area contributed by atoms with Gasteiger partial charge in [-0.2, -0.15) is 0 Å². The van der Waals surface area contributed by atoms with E-state index in [0.29, 0.717) is 40.0 Å². The lowest BCUT2D eigenvalue weighted by Gasteiger charge is -2.10. The van der Waals surface area contributed by atoms with Gasteiger partial charge in [-0.15, -0.1) is 0 Å². The molecule has 0 amide bonds. The van der Waals surface area contributed by atoms with E-state index in [1.54, 1.807) is 0 Å². The average Bonchev–Trinajstić information content (AvgIpc) is 3.97. The van der Waals surface area contributed by atoms with Crippen LogP contribution in [0, 0.1) is 0 Å². The van der Waals surface area contributed by atoms with Gasteiger partial charge in [0.05, 0.1) is 0 Å². The Bertz CT molecular complexity index is 3530. The van der Waals surface area contributed by atoms with Crippen molar-refractivity contribution in [2.75, 3.05) is 0 Å². The summed E-state index contributed by atoms with van der Waals surface area (Å²) in [5, 5.41) is 4.73. The Kier molecular flexibility index (Phi) is 6.76. The highest BCUT2D eigenvalue weighted by Crippen LogP contribution is 2.41. The lowest BCUT2D eigenvalue weighted by molar-refractivity contribution is 0.667. The molecule has 8 heteroatoms. The molecule has 0 aliphatic rings. The first-order valence-corrected chi connectivity index (χ1v) is 18.7. The Hall–Kier alpha value is -7.97. The van der Waals surface area contributed by atoms with Crippen molar-refractivity contribution < 1.29 is 13.3 Å². The van der Waals surface area contributed by atoms with Crippen molar-refractivity contribution in [1.29, 1.82) is 0 Å². The standard InChI is InChI=1S/C49H27N5O3/c1-3-13-28(14-4-1)43-45-44(33-18-8-10-22-37(33)57-45)51-47(50-43)30-25-26-32-40(27-30)56-39-24-12-20-35(42(32)39)49-53-46(29-15-5-2-6-16-29)52-48(54-49)34-19-11-23-38-41(34)31-17-7-9-21-36(31)55-38/h1-27H. The minimum atomic E-state index is 0.536. The molecule has 8 nitrogen and oxygen atoms in total. The summed E-state index contributed by atoms with van der Waals surface area (Å²) in [6.45, 7) is 0. The van der Waals surface area contributed by atoms with E-state index in [1.807, 2.05) is 152 Å². The number of aromatic nitrogens is 5. The third kappa shape index (κ3) is 4.97. The zero-order chi connectivity index (χ0) is 37.5. The molecule has 5 aromatic heterocycles. The van der Waals surface area contributed by atoms with Crippen molar-refractivity contribution in [3.63, 3.8) is 0 Å². The van der Waals surface area contributed by atoms with Crippen molar-refractivity contribution in [3.8, 4) is 56.8 Å². The molecule has 0 N–H and O–H groups in total. The molecule has 57 heavy (non-hydrogen) atoms. The van der Waals surface area contributed by atoms with Crippen molar-refractivity contribution in [3.05, 3.63) is 164 Å². The van der Waals surface area contributed by atoms with Gasteiger partial charge in [-0.1, -0.05) is 121 Å². The Morgan fingerprint density at radius 2 is 0.842 bits per heavy atom. The first-order chi connectivity index (χ1) is 28.2. The predicted molar refractivity (Wildman–Crippen MR) is 224 cm³/mol. The molecule has 0 aliphatic carbocycles. The molecule has 12 aromatic rings. The van der Waals surface area contributed by atoms with E-state index < -0.39 is 0 Å². The van der Waals surface area contributed by atoms with Crippen LogP contribution >= 0.6 is 0 Å². The summed E-state index contributed by atoms with van der Waals surface area (Å²) in [5.74, 6) is 2.23. The SMILES string of the molecule is c1ccc(-c2nc(-c3cccc4oc5ccccc5c34)nc(-c3cccc4oc5cc(-c6nc(-c7ccccc7)c7oc8ccccc8c7n6)ccc5c34)n2)cc1. The topological polar surface area (TPSA) is 104 Å². The summed E-state index contributed by atoms with van der Waals surface area (Å²) >= 11 is 0. The number of para-hydroxylation sites is 2. The van der Waals surface area contributed by atoms with Crippen LogP contribution in [0.5, 0.6) is 0 Å². The minimum Gasteiger partial charge on any atom is -0.456 e. The molecule has 0 radical (unpaired) electrons. The van der Waals surface area contributed by atoms with E-state index in [0.717, 1.165) is 82.7 Å². The second kappa shape index (κ2) is 12.3. The molecule has 0 saturated carbocycles. The number of furan rings is 3. The number of hydrogen-bond donors (Lipinski definition) is 0. The lowest BCUT2D eigenvalue weighted by atomic mass is 10.0. The van der Waals surface area contributed by atoms with Gasteiger partial charge < -0.3 is 13.3 Å². The molecule has 0 spiro atoms. The van der Waals surface area contributed by atoms with Crippen molar-refractivity contribution >= 4 is 65.9 Å². The fourth-order valence-corrected chi connectivity index (χ4v) is 7.96. The van der Waals surface area contributed by atoms with Gasteiger partial charge in [-0.25, -0.2) is 24.9 Å². The molecule has 0 fully saturated rings. The molecule has 0 saturated heterocycles. The summed E-state index contributed by atoms with van der Waals surface area (Å²) < 4.78 is 19.2. The highest BCUT2D eigenvalue weighted by Gasteiger charge is 2.22. The molecule has 266 valence electrons. The van der Waals surface area contributed by atoms with Gasteiger partial charge in [0.25, 0.3) is 0 Å². The van der Waals surface area contributed by atoms with Gasteiger partial charge >= 0.3 is 0 Å². The first kappa shape index (κ1) is 31.4. The number of fused-ring (bicyclic) bond motifs is 9. The summed E-state index contributed by atoms with van der Waals surface area (Å²) in [6, 6.07) is 54.2. The van der Waals surface area contributed by atoms with Crippen LogP contribution in [-0.4, -0.2) is 24.9 Å². The molecule has 7 aromatic carbocycles. The van der Waals surface area contributed by atoms with Crippen LogP contribution in [0.2, 0.25) is 0 Å². The van der Waals surface area contributed by atoms with Crippen LogP contribution in [0.3, 0.4) is 0 Å². The lowest BCUT2D eigenvalue weighted by Crippen LogP contribution is -2.00.